The predicted octanol–water partition coefficient (Wildman–Crippen LogP) is 3.02. The molecule has 1 aromatic carbocycles. The Kier molecular flexibility index (Phi) is 3.87. The molecule has 0 heterocycles. The summed E-state index contributed by atoms with van der Waals surface area (Å²) < 4.78 is 6.52. The molecule has 0 bridgehead atoms. The van der Waals surface area contributed by atoms with Crippen LogP contribution >= 0.6 is 31.9 Å². The average Bonchev–Trinajstić information content (AvgIpc) is 3.13. The maximum absolute atomic E-state index is 12.0. The molecular formula is C12H11Br2NO4. The maximum atomic E-state index is 12.0. The molecule has 0 aliphatic heterocycles. The van der Waals surface area contributed by atoms with Crippen LogP contribution in [0.5, 0.6) is 5.75 Å². The molecule has 0 spiro atoms. The number of amides is 1. The molecule has 1 fully saturated rings. The molecule has 2 rings (SSSR count). The number of nitrogens with one attached hydrogen (secondary N) is 1. The highest BCUT2D eigenvalue weighted by Gasteiger charge is 2.57. The minimum Gasteiger partial charge on any atom is -0.495 e. The van der Waals surface area contributed by atoms with Gasteiger partial charge in [-0.15, -0.1) is 0 Å². The van der Waals surface area contributed by atoms with Gasteiger partial charge < -0.3 is 15.2 Å². The normalized spacial score (nSPS) is 15.7. The number of hydrogen-bond donors (Lipinski definition) is 2. The molecule has 19 heavy (non-hydrogen) atoms. The Morgan fingerprint density at radius 1 is 1.32 bits per heavy atom. The Morgan fingerprint density at radius 3 is 2.42 bits per heavy atom. The molecule has 0 saturated heterocycles. The van der Waals surface area contributed by atoms with Gasteiger partial charge in [-0.2, -0.15) is 0 Å². The van der Waals surface area contributed by atoms with E-state index in [0.29, 0.717) is 28.8 Å². The summed E-state index contributed by atoms with van der Waals surface area (Å²) in [5, 5.41) is 11.7. The molecule has 0 aromatic heterocycles. The average molecular weight is 393 g/mol. The van der Waals surface area contributed by atoms with Gasteiger partial charge in [0.2, 0.25) is 5.91 Å². The second kappa shape index (κ2) is 5.13. The molecule has 0 radical (unpaired) electrons. The fourth-order valence-corrected chi connectivity index (χ4v) is 2.94. The highest BCUT2D eigenvalue weighted by molar-refractivity contribution is 9.11. The van der Waals surface area contributed by atoms with Gasteiger partial charge >= 0.3 is 5.97 Å². The van der Waals surface area contributed by atoms with Crippen molar-refractivity contribution >= 4 is 49.4 Å². The number of carboxylic acids is 1. The van der Waals surface area contributed by atoms with Crippen LogP contribution in [0.4, 0.5) is 5.69 Å². The Hall–Kier alpha value is -1.08. The number of benzene rings is 1. The molecule has 2 N–H and O–H groups in total. The molecule has 1 aromatic rings. The maximum Gasteiger partial charge on any atom is 0.319 e. The number of aliphatic carboxylic acids is 1. The van der Waals surface area contributed by atoms with E-state index in [0.717, 1.165) is 4.47 Å². The second-order valence-electron chi connectivity index (χ2n) is 4.31. The molecule has 1 aliphatic rings. The van der Waals surface area contributed by atoms with Crippen LogP contribution in [0.2, 0.25) is 0 Å². The summed E-state index contributed by atoms with van der Waals surface area (Å²) >= 11 is 6.64. The summed E-state index contributed by atoms with van der Waals surface area (Å²) in [5.41, 5.74) is -0.780. The topological polar surface area (TPSA) is 75.6 Å². The largest absolute Gasteiger partial charge is 0.495 e. The number of halogens is 2. The summed E-state index contributed by atoms with van der Waals surface area (Å²) in [6.45, 7) is 0. The second-order valence-corrected chi connectivity index (χ2v) is 6.02. The molecule has 5 nitrogen and oxygen atoms in total. The Balaban J connectivity index is 2.24. The zero-order chi connectivity index (χ0) is 14.2. The summed E-state index contributed by atoms with van der Waals surface area (Å²) in [6.07, 6.45) is 0.749. The Labute approximate surface area is 126 Å². The van der Waals surface area contributed by atoms with Gasteiger partial charge in [0.1, 0.15) is 11.2 Å². The Bertz CT molecular complexity index is 555. The van der Waals surface area contributed by atoms with E-state index in [2.05, 4.69) is 37.2 Å². The third-order valence-electron chi connectivity index (χ3n) is 3.08. The van der Waals surface area contributed by atoms with E-state index in [4.69, 9.17) is 9.84 Å². The van der Waals surface area contributed by atoms with Gasteiger partial charge in [-0.1, -0.05) is 0 Å². The number of hydrogen-bond acceptors (Lipinski definition) is 3. The van der Waals surface area contributed by atoms with Gasteiger partial charge in [-0.3, -0.25) is 9.59 Å². The van der Waals surface area contributed by atoms with E-state index in [1.54, 1.807) is 12.1 Å². The third kappa shape index (κ3) is 2.62. The van der Waals surface area contributed by atoms with E-state index in [1.165, 1.54) is 7.11 Å². The molecule has 1 amide bonds. The van der Waals surface area contributed by atoms with Crippen LogP contribution in [0.3, 0.4) is 0 Å². The fraction of sp³-hybridized carbons (Fsp3) is 0.333. The number of carboxylic acid groups (broad SMARTS) is 1. The van der Waals surface area contributed by atoms with Gasteiger partial charge in [0.15, 0.2) is 0 Å². The number of anilines is 1. The van der Waals surface area contributed by atoms with Gasteiger partial charge in [-0.05, 0) is 50.8 Å². The molecule has 7 heteroatoms. The lowest BCUT2D eigenvalue weighted by molar-refractivity contribution is -0.147. The van der Waals surface area contributed by atoms with Crippen molar-refractivity contribution < 1.29 is 19.4 Å². The van der Waals surface area contributed by atoms with E-state index in [-0.39, 0.29) is 0 Å². The molecular weight excluding hydrogens is 382 g/mol. The fourth-order valence-electron chi connectivity index (χ4n) is 1.69. The quantitative estimate of drug-likeness (QED) is 0.772. The van der Waals surface area contributed by atoms with Crippen molar-refractivity contribution in [3.8, 4) is 5.75 Å². The van der Waals surface area contributed by atoms with Gasteiger partial charge in [0, 0.05) is 10.5 Å². The van der Waals surface area contributed by atoms with Crippen molar-refractivity contribution in [2.75, 3.05) is 12.4 Å². The van der Waals surface area contributed by atoms with Crippen LogP contribution in [0.1, 0.15) is 12.8 Å². The summed E-state index contributed by atoms with van der Waals surface area (Å²) in [4.78, 5) is 23.1. The van der Waals surface area contributed by atoms with Crippen molar-refractivity contribution in [2.24, 2.45) is 5.41 Å². The number of ether oxygens (including phenoxy) is 1. The lowest BCUT2D eigenvalue weighted by atomic mass is 10.1. The van der Waals surface area contributed by atoms with Crippen molar-refractivity contribution in [1.82, 2.24) is 0 Å². The van der Waals surface area contributed by atoms with Crippen LogP contribution in [-0.4, -0.2) is 24.1 Å². The molecule has 1 aliphatic carbocycles. The van der Waals surface area contributed by atoms with E-state index in [1.807, 2.05) is 0 Å². The van der Waals surface area contributed by atoms with Crippen LogP contribution in [-0.2, 0) is 9.59 Å². The highest BCUT2D eigenvalue weighted by atomic mass is 79.9. The van der Waals surface area contributed by atoms with E-state index < -0.39 is 17.3 Å². The number of methoxy groups -OCH3 is 1. The van der Waals surface area contributed by atoms with Gasteiger partial charge in [-0.25, -0.2) is 0 Å². The molecule has 0 unspecified atom stereocenters. The predicted molar refractivity (Wildman–Crippen MR) is 76.3 cm³/mol. The van der Waals surface area contributed by atoms with E-state index >= 15 is 0 Å². The van der Waals surface area contributed by atoms with Crippen LogP contribution in [0.15, 0.2) is 21.1 Å². The number of carbonyl (C=O) groups is 2. The first-order valence-corrected chi connectivity index (χ1v) is 7.07. The van der Waals surface area contributed by atoms with Crippen molar-refractivity contribution in [1.29, 1.82) is 0 Å². The van der Waals surface area contributed by atoms with Crippen LogP contribution in [0.25, 0.3) is 0 Å². The van der Waals surface area contributed by atoms with Crippen molar-refractivity contribution in [3.05, 3.63) is 21.1 Å². The summed E-state index contributed by atoms with van der Waals surface area (Å²) in [7, 11) is 1.51. The van der Waals surface area contributed by atoms with Crippen LogP contribution in [0, 0.1) is 5.41 Å². The minimum atomic E-state index is -1.26. The third-order valence-corrected chi connectivity index (χ3v) is 4.36. The summed E-state index contributed by atoms with van der Waals surface area (Å²) in [5.74, 6) is -1.02. The van der Waals surface area contributed by atoms with E-state index in [9.17, 15) is 9.59 Å². The zero-order valence-corrected chi connectivity index (χ0v) is 13.2. The number of carbonyl (C=O) groups excluding carboxylic acids is 1. The van der Waals surface area contributed by atoms with Gasteiger partial charge in [0.25, 0.3) is 0 Å². The minimum absolute atomic E-state index is 0.374. The molecule has 0 atom stereocenters. The first kappa shape index (κ1) is 14.3. The monoisotopic (exact) mass is 391 g/mol. The SMILES string of the molecule is COc1cc(NC(=O)C2(C(=O)O)CC2)c(Br)cc1Br. The Morgan fingerprint density at radius 2 is 1.95 bits per heavy atom. The standard InChI is InChI=1S/C12H11Br2NO4/c1-19-9-5-8(6(13)4-7(9)14)15-10(16)12(2-3-12)11(17)18/h4-5H,2-3H2,1H3,(H,15,16)(H,17,18). The number of rotatable bonds is 4. The lowest BCUT2D eigenvalue weighted by Crippen LogP contribution is -2.31. The van der Waals surface area contributed by atoms with Crippen molar-refractivity contribution in [3.63, 3.8) is 0 Å². The zero-order valence-electron chi connectivity index (χ0n) is 10.00. The molecule has 102 valence electrons. The van der Waals surface area contributed by atoms with Crippen LogP contribution < -0.4 is 10.1 Å². The molecule has 1 saturated carbocycles. The smallest absolute Gasteiger partial charge is 0.319 e. The van der Waals surface area contributed by atoms with Crippen molar-refractivity contribution in [2.45, 2.75) is 12.8 Å². The summed E-state index contributed by atoms with van der Waals surface area (Å²) in [6, 6.07) is 3.36. The van der Waals surface area contributed by atoms with Gasteiger partial charge in [0.05, 0.1) is 17.3 Å². The first-order chi connectivity index (χ1) is 8.90. The first-order valence-electron chi connectivity index (χ1n) is 5.48. The highest BCUT2D eigenvalue weighted by Crippen LogP contribution is 2.47. The lowest BCUT2D eigenvalue weighted by Gasteiger charge is -2.14.